The normalized spacial score (nSPS) is 22.7. The van der Waals surface area contributed by atoms with Crippen LogP contribution >= 0.6 is 0 Å². The van der Waals surface area contributed by atoms with Gasteiger partial charge in [0.2, 0.25) is 11.8 Å². The second-order valence-corrected chi connectivity index (χ2v) is 11.4. The Kier molecular flexibility index (Phi) is 5.97. The van der Waals surface area contributed by atoms with Crippen LogP contribution in [-0.4, -0.2) is 58.9 Å². The summed E-state index contributed by atoms with van der Waals surface area (Å²) in [6, 6.07) is 13.7. The number of piperidine rings is 2. The molecule has 0 aliphatic carbocycles. The number of hydrogen-bond donors (Lipinski definition) is 1. The number of pyridine rings is 1. The summed E-state index contributed by atoms with van der Waals surface area (Å²) >= 11 is 0. The number of likely N-dealkylation sites (tertiary alicyclic amines) is 1. The van der Waals surface area contributed by atoms with Crippen molar-refractivity contribution in [3.05, 3.63) is 71.0 Å². The number of anilines is 1. The summed E-state index contributed by atoms with van der Waals surface area (Å²) in [6.45, 7) is 4.04. The van der Waals surface area contributed by atoms with E-state index in [4.69, 9.17) is 9.72 Å². The van der Waals surface area contributed by atoms with Crippen LogP contribution < -0.4 is 10.2 Å². The standard InChI is InChI=1S/C31H32N4O4/c36-27-10-9-25(29(37)33-27)35-26-18-32-24(22-3-1-4-23(28(22)26)30(35)38)17-20-5-7-21(8-6-20)19-34-14-12-31(13-15-34)11-2-16-39-31/h1,3-8,18,25H,2,9-17,19H2,(H,33,36,37). The highest BCUT2D eigenvalue weighted by atomic mass is 16.5. The molecule has 3 saturated heterocycles. The van der Waals surface area contributed by atoms with Gasteiger partial charge in [-0.1, -0.05) is 36.4 Å². The Morgan fingerprint density at radius 2 is 1.79 bits per heavy atom. The number of aromatic nitrogens is 1. The smallest absolute Gasteiger partial charge is 0.259 e. The first-order chi connectivity index (χ1) is 19.0. The van der Waals surface area contributed by atoms with Crippen molar-refractivity contribution in [1.29, 1.82) is 0 Å². The molecule has 4 aliphatic rings. The number of benzene rings is 2. The van der Waals surface area contributed by atoms with E-state index in [2.05, 4.69) is 34.5 Å². The highest BCUT2D eigenvalue weighted by molar-refractivity contribution is 6.27. The van der Waals surface area contributed by atoms with Gasteiger partial charge in [-0.2, -0.15) is 0 Å². The van der Waals surface area contributed by atoms with Gasteiger partial charge in [0, 0.05) is 55.4 Å². The number of nitrogens with one attached hydrogen (secondary N) is 1. The van der Waals surface area contributed by atoms with E-state index in [0.29, 0.717) is 24.1 Å². The molecular formula is C31H32N4O4. The minimum absolute atomic E-state index is 0.149. The highest BCUT2D eigenvalue weighted by Crippen LogP contribution is 2.40. The van der Waals surface area contributed by atoms with E-state index in [1.165, 1.54) is 23.3 Å². The molecule has 0 saturated carbocycles. The van der Waals surface area contributed by atoms with Crippen molar-refractivity contribution in [1.82, 2.24) is 15.2 Å². The summed E-state index contributed by atoms with van der Waals surface area (Å²) in [5.41, 5.74) is 4.74. The van der Waals surface area contributed by atoms with Gasteiger partial charge in [0.1, 0.15) is 6.04 Å². The van der Waals surface area contributed by atoms with Crippen molar-refractivity contribution >= 4 is 34.2 Å². The summed E-state index contributed by atoms with van der Waals surface area (Å²) in [5, 5.41) is 4.13. The molecule has 1 N–H and O–H groups in total. The first-order valence-electron chi connectivity index (χ1n) is 14.0. The van der Waals surface area contributed by atoms with Crippen LogP contribution in [0.5, 0.6) is 0 Å². The summed E-state index contributed by atoms with van der Waals surface area (Å²) in [5.74, 6) is -0.940. The molecule has 1 spiro atoms. The van der Waals surface area contributed by atoms with Crippen LogP contribution in [0.4, 0.5) is 5.69 Å². The van der Waals surface area contributed by atoms with Crippen LogP contribution in [0.15, 0.2) is 48.7 Å². The van der Waals surface area contributed by atoms with Gasteiger partial charge in [-0.15, -0.1) is 0 Å². The third kappa shape index (κ3) is 4.32. The van der Waals surface area contributed by atoms with E-state index in [-0.39, 0.29) is 23.8 Å². The zero-order valence-electron chi connectivity index (χ0n) is 21.9. The molecule has 1 unspecified atom stereocenters. The molecule has 1 aromatic heterocycles. The van der Waals surface area contributed by atoms with Gasteiger partial charge < -0.3 is 4.74 Å². The Bertz CT molecular complexity index is 1470. The Labute approximate surface area is 227 Å². The number of carbonyl (C=O) groups is 3. The zero-order chi connectivity index (χ0) is 26.6. The van der Waals surface area contributed by atoms with Crippen molar-refractivity contribution in [2.45, 2.75) is 63.1 Å². The summed E-state index contributed by atoms with van der Waals surface area (Å²) in [7, 11) is 0. The molecule has 2 aromatic carbocycles. The second-order valence-electron chi connectivity index (χ2n) is 11.4. The molecule has 39 heavy (non-hydrogen) atoms. The average Bonchev–Trinajstić information content (AvgIpc) is 3.52. The fraction of sp³-hybridized carbons (Fsp3) is 0.419. The number of amides is 3. The fourth-order valence-corrected chi connectivity index (χ4v) is 6.80. The lowest BCUT2D eigenvalue weighted by molar-refractivity contribution is -0.134. The van der Waals surface area contributed by atoms with Gasteiger partial charge in [-0.05, 0) is 49.3 Å². The molecule has 200 valence electrons. The highest BCUT2D eigenvalue weighted by Gasteiger charge is 2.41. The Hall–Kier alpha value is -3.62. The molecule has 0 bridgehead atoms. The number of hydrogen-bond acceptors (Lipinski definition) is 6. The van der Waals surface area contributed by atoms with Crippen molar-refractivity contribution in [2.24, 2.45) is 0 Å². The predicted molar refractivity (Wildman–Crippen MR) is 146 cm³/mol. The topological polar surface area (TPSA) is 91.8 Å². The first kappa shape index (κ1) is 24.4. The van der Waals surface area contributed by atoms with Gasteiger partial charge >= 0.3 is 0 Å². The minimum Gasteiger partial charge on any atom is -0.375 e. The zero-order valence-corrected chi connectivity index (χ0v) is 21.9. The predicted octanol–water partition coefficient (Wildman–Crippen LogP) is 3.74. The molecule has 0 radical (unpaired) electrons. The maximum Gasteiger partial charge on any atom is 0.259 e. The molecule has 8 nitrogen and oxygen atoms in total. The van der Waals surface area contributed by atoms with Crippen molar-refractivity contribution in [2.75, 3.05) is 24.6 Å². The van der Waals surface area contributed by atoms with Crippen LogP contribution in [0, 0.1) is 0 Å². The monoisotopic (exact) mass is 524 g/mol. The fourth-order valence-electron chi connectivity index (χ4n) is 6.80. The summed E-state index contributed by atoms with van der Waals surface area (Å²) < 4.78 is 6.07. The van der Waals surface area contributed by atoms with E-state index >= 15 is 0 Å². The van der Waals surface area contributed by atoms with E-state index in [9.17, 15) is 14.4 Å². The maximum atomic E-state index is 13.4. The quantitative estimate of drug-likeness (QED) is 0.512. The van der Waals surface area contributed by atoms with Crippen LogP contribution in [-0.2, 0) is 27.3 Å². The van der Waals surface area contributed by atoms with Gasteiger partial charge in [-0.3, -0.25) is 34.5 Å². The summed E-state index contributed by atoms with van der Waals surface area (Å²) in [4.78, 5) is 46.4. The lowest BCUT2D eigenvalue weighted by Gasteiger charge is -2.38. The van der Waals surface area contributed by atoms with Gasteiger partial charge in [0.25, 0.3) is 5.91 Å². The maximum absolute atomic E-state index is 13.4. The number of nitrogens with zero attached hydrogens (tertiary/aromatic N) is 3. The molecule has 7 rings (SSSR count). The second kappa shape index (κ2) is 9.54. The van der Waals surface area contributed by atoms with E-state index < -0.39 is 11.9 Å². The third-order valence-electron chi connectivity index (χ3n) is 8.96. The molecular weight excluding hydrogens is 492 g/mol. The van der Waals surface area contributed by atoms with Crippen molar-refractivity contribution < 1.29 is 19.1 Å². The average molecular weight is 525 g/mol. The van der Waals surface area contributed by atoms with Crippen LogP contribution in [0.25, 0.3) is 10.8 Å². The number of ether oxygens (including phenoxy) is 1. The lowest BCUT2D eigenvalue weighted by atomic mass is 9.88. The Balaban J connectivity index is 1.08. The molecule has 8 heteroatoms. The van der Waals surface area contributed by atoms with Crippen molar-refractivity contribution in [3.8, 4) is 0 Å². The molecule has 3 fully saturated rings. The van der Waals surface area contributed by atoms with Crippen LogP contribution in [0.3, 0.4) is 0 Å². The van der Waals surface area contributed by atoms with Crippen molar-refractivity contribution in [3.63, 3.8) is 0 Å². The Morgan fingerprint density at radius 3 is 2.54 bits per heavy atom. The number of carbonyl (C=O) groups excluding carboxylic acids is 3. The molecule has 4 aliphatic heterocycles. The van der Waals surface area contributed by atoms with Crippen LogP contribution in [0.2, 0.25) is 0 Å². The number of imide groups is 1. The molecule has 3 amide bonds. The lowest BCUT2D eigenvalue weighted by Crippen LogP contribution is -2.53. The largest absolute Gasteiger partial charge is 0.375 e. The van der Waals surface area contributed by atoms with E-state index in [1.807, 2.05) is 12.1 Å². The molecule has 5 heterocycles. The van der Waals surface area contributed by atoms with Crippen LogP contribution in [0.1, 0.15) is 65.7 Å². The van der Waals surface area contributed by atoms with E-state index in [1.54, 1.807) is 12.3 Å². The Morgan fingerprint density at radius 1 is 1.00 bits per heavy atom. The summed E-state index contributed by atoms with van der Waals surface area (Å²) in [6.07, 6.45) is 7.56. The SMILES string of the molecule is O=C1CCC(N2C(=O)c3cccc4c(Cc5ccc(CN6CCC7(CCCO7)CC6)cc5)ncc2c34)C(=O)N1. The third-order valence-corrected chi connectivity index (χ3v) is 8.96. The van der Waals surface area contributed by atoms with Gasteiger partial charge in [0.05, 0.1) is 23.2 Å². The molecule has 1 atom stereocenters. The van der Waals surface area contributed by atoms with Gasteiger partial charge in [-0.25, -0.2) is 0 Å². The van der Waals surface area contributed by atoms with E-state index in [0.717, 1.165) is 61.1 Å². The van der Waals surface area contributed by atoms with Gasteiger partial charge in [0.15, 0.2) is 0 Å². The first-order valence-corrected chi connectivity index (χ1v) is 14.0. The number of rotatable bonds is 5. The molecule has 3 aromatic rings. The minimum atomic E-state index is -0.706.